The van der Waals surface area contributed by atoms with Crippen LogP contribution in [0.25, 0.3) is 11.1 Å². The first-order chi connectivity index (χ1) is 12.6. The number of carbonyl (C=O) groups excluding carboxylic acids is 1. The van der Waals surface area contributed by atoms with Gasteiger partial charge in [0.15, 0.2) is 0 Å². The molecule has 1 aromatic heterocycles. The lowest BCUT2D eigenvalue weighted by Crippen LogP contribution is -2.29. The molecule has 1 heterocycles. The number of nitrogens with one attached hydrogen (secondary N) is 1. The quantitative estimate of drug-likeness (QED) is 0.652. The van der Waals surface area contributed by atoms with Crippen molar-refractivity contribution in [3.05, 3.63) is 77.1 Å². The summed E-state index contributed by atoms with van der Waals surface area (Å²) >= 11 is 5.98. The van der Waals surface area contributed by atoms with Crippen LogP contribution >= 0.6 is 11.6 Å². The van der Waals surface area contributed by atoms with Crippen LogP contribution in [0.15, 0.2) is 60.8 Å². The molecule has 1 amide bonds. The van der Waals surface area contributed by atoms with Crippen molar-refractivity contribution in [1.29, 1.82) is 0 Å². The van der Waals surface area contributed by atoms with Gasteiger partial charge in [-0.2, -0.15) is 0 Å². The van der Waals surface area contributed by atoms with Gasteiger partial charge >= 0.3 is 0 Å². The molecular formula is C21H21ClN2O2. The third kappa shape index (κ3) is 4.09. The van der Waals surface area contributed by atoms with Gasteiger partial charge in [0, 0.05) is 23.8 Å². The molecule has 0 saturated carbocycles. The maximum absolute atomic E-state index is 12.7. The fourth-order valence-electron chi connectivity index (χ4n) is 2.97. The van der Waals surface area contributed by atoms with Crippen molar-refractivity contribution in [3.63, 3.8) is 0 Å². The molecule has 0 unspecified atom stereocenters. The SMILES string of the molecule is Cc1cn(C)c(C(=O)NCCOc2ccccc2)c1-c1ccc(Cl)cc1. The molecular weight excluding hydrogens is 348 g/mol. The van der Waals surface area contributed by atoms with Crippen LogP contribution in [0, 0.1) is 6.92 Å². The number of rotatable bonds is 6. The number of amides is 1. The number of nitrogens with zero attached hydrogens (tertiary/aromatic N) is 1. The number of aromatic nitrogens is 1. The Hall–Kier alpha value is -2.72. The van der Waals surface area contributed by atoms with Gasteiger partial charge in [0.1, 0.15) is 18.1 Å². The summed E-state index contributed by atoms with van der Waals surface area (Å²) in [5.74, 6) is 0.667. The lowest BCUT2D eigenvalue weighted by Gasteiger charge is -2.11. The van der Waals surface area contributed by atoms with Crippen LogP contribution in [0.4, 0.5) is 0 Å². The Bertz CT molecular complexity index is 886. The minimum absolute atomic E-state index is 0.123. The lowest BCUT2D eigenvalue weighted by atomic mass is 10.0. The third-order valence-electron chi connectivity index (χ3n) is 4.12. The minimum atomic E-state index is -0.123. The average molecular weight is 369 g/mol. The van der Waals surface area contributed by atoms with Crippen LogP contribution in [0.5, 0.6) is 5.75 Å². The highest BCUT2D eigenvalue weighted by molar-refractivity contribution is 6.30. The zero-order valence-electron chi connectivity index (χ0n) is 14.8. The minimum Gasteiger partial charge on any atom is -0.492 e. The first kappa shape index (κ1) is 18.1. The van der Waals surface area contributed by atoms with Gasteiger partial charge in [-0.25, -0.2) is 0 Å². The monoisotopic (exact) mass is 368 g/mol. The summed E-state index contributed by atoms with van der Waals surface area (Å²) in [6.07, 6.45) is 1.96. The van der Waals surface area contributed by atoms with Gasteiger partial charge in [-0.1, -0.05) is 41.9 Å². The number of hydrogen-bond donors (Lipinski definition) is 1. The Labute approximate surface area is 158 Å². The van der Waals surface area contributed by atoms with Gasteiger partial charge < -0.3 is 14.6 Å². The second-order valence-electron chi connectivity index (χ2n) is 6.07. The van der Waals surface area contributed by atoms with Crippen molar-refractivity contribution >= 4 is 17.5 Å². The van der Waals surface area contributed by atoms with Crippen molar-refractivity contribution in [2.75, 3.05) is 13.2 Å². The summed E-state index contributed by atoms with van der Waals surface area (Å²) in [5, 5.41) is 3.61. The number of ether oxygens (including phenoxy) is 1. The molecule has 134 valence electrons. The molecule has 0 spiro atoms. The molecule has 3 aromatic rings. The molecule has 26 heavy (non-hydrogen) atoms. The summed E-state index contributed by atoms with van der Waals surface area (Å²) in [6.45, 7) is 2.84. The van der Waals surface area contributed by atoms with E-state index in [-0.39, 0.29) is 5.91 Å². The molecule has 1 N–H and O–H groups in total. The van der Waals surface area contributed by atoms with Gasteiger partial charge in [-0.05, 0) is 42.3 Å². The molecule has 0 aliphatic carbocycles. The van der Waals surface area contributed by atoms with E-state index < -0.39 is 0 Å². The zero-order valence-corrected chi connectivity index (χ0v) is 15.6. The summed E-state index contributed by atoms with van der Waals surface area (Å²) < 4.78 is 7.47. The molecule has 0 aliphatic heterocycles. The first-order valence-electron chi connectivity index (χ1n) is 8.44. The van der Waals surface area contributed by atoms with E-state index in [1.165, 1.54) is 0 Å². The molecule has 5 heteroatoms. The molecule has 0 fully saturated rings. The first-order valence-corrected chi connectivity index (χ1v) is 8.82. The largest absolute Gasteiger partial charge is 0.492 e. The Kier molecular flexibility index (Phi) is 5.64. The van der Waals surface area contributed by atoms with E-state index >= 15 is 0 Å². The topological polar surface area (TPSA) is 43.3 Å². The van der Waals surface area contributed by atoms with Crippen LogP contribution in [-0.4, -0.2) is 23.6 Å². The maximum atomic E-state index is 12.7. The second-order valence-corrected chi connectivity index (χ2v) is 6.51. The van der Waals surface area contributed by atoms with E-state index in [2.05, 4.69) is 5.32 Å². The van der Waals surface area contributed by atoms with Crippen molar-refractivity contribution < 1.29 is 9.53 Å². The van der Waals surface area contributed by atoms with E-state index in [1.54, 1.807) is 0 Å². The van der Waals surface area contributed by atoms with E-state index in [1.807, 2.05) is 79.3 Å². The fourth-order valence-corrected chi connectivity index (χ4v) is 3.10. The zero-order chi connectivity index (χ0) is 18.5. The van der Waals surface area contributed by atoms with Gasteiger partial charge in [0.25, 0.3) is 5.91 Å². The molecule has 0 bridgehead atoms. The van der Waals surface area contributed by atoms with Gasteiger partial charge in [0.05, 0.1) is 6.54 Å². The molecule has 3 rings (SSSR count). The van der Waals surface area contributed by atoms with Crippen molar-refractivity contribution in [1.82, 2.24) is 9.88 Å². The Morgan fingerprint density at radius 3 is 2.50 bits per heavy atom. The lowest BCUT2D eigenvalue weighted by molar-refractivity contribution is 0.0939. The van der Waals surface area contributed by atoms with Crippen LogP contribution in [0.3, 0.4) is 0 Å². The van der Waals surface area contributed by atoms with E-state index in [4.69, 9.17) is 16.3 Å². The van der Waals surface area contributed by atoms with Crippen LogP contribution in [-0.2, 0) is 7.05 Å². The predicted molar refractivity (Wildman–Crippen MR) is 105 cm³/mol. The molecule has 0 aliphatic rings. The molecule has 0 atom stereocenters. The molecule has 2 aromatic carbocycles. The number of para-hydroxylation sites is 1. The van der Waals surface area contributed by atoms with Crippen molar-refractivity contribution in [2.24, 2.45) is 7.05 Å². The fraction of sp³-hybridized carbons (Fsp3) is 0.190. The number of hydrogen-bond acceptors (Lipinski definition) is 2. The van der Waals surface area contributed by atoms with Gasteiger partial charge in [-0.15, -0.1) is 0 Å². The summed E-state index contributed by atoms with van der Waals surface area (Å²) in [4.78, 5) is 12.7. The Balaban J connectivity index is 1.70. The summed E-state index contributed by atoms with van der Waals surface area (Å²) in [7, 11) is 1.88. The number of aryl methyl sites for hydroxylation is 2. The third-order valence-corrected chi connectivity index (χ3v) is 4.37. The summed E-state index contributed by atoms with van der Waals surface area (Å²) in [5.41, 5.74) is 3.56. The Morgan fingerprint density at radius 1 is 1.12 bits per heavy atom. The van der Waals surface area contributed by atoms with Crippen LogP contribution < -0.4 is 10.1 Å². The van der Waals surface area contributed by atoms with Gasteiger partial charge in [-0.3, -0.25) is 4.79 Å². The number of carbonyl (C=O) groups is 1. The number of benzene rings is 2. The molecule has 0 radical (unpaired) electrons. The van der Waals surface area contributed by atoms with E-state index in [9.17, 15) is 4.79 Å². The van der Waals surface area contributed by atoms with E-state index in [0.29, 0.717) is 23.9 Å². The number of halogens is 1. The molecule has 0 saturated heterocycles. The van der Waals surface area contributed by atoms with E-state index in [0.717, 1.165) is 22.4 Å². The van der Waals surface area contributed by atoms with Crippen LogP contribution in [0.1, 0.15) is 16.1 Å². The average Bonchev–Trinajstić information content (AvgIpc) is 2.94. The highest BCUT2D eigenvalue weighted by atomic mass is 35.5. The highest BCUT2D eigenvalue weighted by Crippen LogP contribution is 2.29. The normalized spacial score (nSPS) is 10.6. The molecule has 4 nitrogen and oxygen atoms in total. The van der Waals surface area contributed by atoms with Crippen LogP contribution in [0.2, 0.25) is 5.02 Å². The standard InChI is InChI=1S/C21H21ClN2O2/c1-15-14-24(2)20(19(15)16-8-10-17(22)11-9-16)21(25)23-12-13-26-18-6-4-3-5-7-18/h3-11,14H,12-13H2,1-2H3,(H,23,25). The second kappa shape index (κ2) is 8.11. The van der Waals surface area contributed by atoms with Crippen molar-refractivity contribution in [2.45, 2.75) is 6.92 Å². The Morgan fingerprint density at radius 2 is 1.81 bits per heavy atom. The maximum Gasteiger partial charge on any atom is 0.268 e. The van der Waals surface area contributed by atoms with Gasteiger partial charge in [0.2, 0.25) is 0 Å². The predicted octanol–water partition coefficient (Wildman–Crippen LogP) is 4.46. The van der Waals surface area contributed by atoms with Crippen molar-refractivity contribution in [3.8, 4) is 16.9 Å². The highest BCUT2D eigenvalue weighted by Gasteiger charge is 2.19. The summed E-state index contributed by atoms with van der Waals surface area (Å²) in [6, 6.07) is 17.1. The smallest absolute Gasteiger partial charge is 0.268 e.